The number of aromatic nitrogens is 2. The SMILES string of the molecule is O=C(CSc1nc2ccccc2c(=O)n1-c1ccc(F)cc1F)NC(=O)NCc1ccccc1. The molecule has 4 aromatic rings. The van der Waals surface area contributed by atoms with E-state index in [0.717, 1.165) is 34.0 Å². The molecule has 0 spiro atoms. The zero-order valence-corrected chi connectivity index (χ0v) is 18.4. The third-order valence-electron chi connectivity index (χ3n) is 4.78. The molecule has 0 aliphatic carbocycles. The van der Waals surface area contributed by atoms with Crippen LogP contribution in [0.15, 0.2) is 82.7 Å². The fourth-order valence-electron chi connectivity index (χ4n) is 3.20. The molecule has 2 N–H and O–H groups in total. The summed E-state index contributed by atoms with van der Waals surface area (Å²) < 4.78 is 28.9. The predicted molar refractivity (Wildman–Crippen MR) is 125 cm³/mol. The number of benzene rings is 3. The molecular weight excluding hydrogens is 462 g/mol. The van der Waals surface area contributed by atoms with Gasteiger partial charge in [-0.25, -0.2) is 18.6 Å². The number of hydrogen-bond acceptors (Lipinski definition) is 5. The highest BCUT2D eigenvalue weighted by Crippen LogP contribution is 2.23. The van der Waals surface area contributed by atoms with Gasteiger partial charge in [0.05, 0.1) is 22.3 Å². The standard InChI is InChI=1S/C24H18F2N4O3S/c25-16-10-11-20(18(26)12-16)30-22(32)17-8-4-5-9-19(17)28-24(30)34-14-21(31)29-23(33)27-13-15-6-2-1-3-7-15/h1-12H,13-14H2,(H2,27,29,31,33). The second-order valence-electron chi connectivity index (χ2n) is 7.15. The van der Waals surface area contributed by atoms with Crippen LogP contribution >= 0.6 is 11.8 Å². The Kier molecular flexibility index (Phi) is 6.98. The first-order valence-electron chi connectivity index (χ1n) is 10.1. The number of amides is 3. The molecule has 0 saturated heterocycles. The summed E-state index contributed by atoms with van der Waals surface area (Å²) in [4.78, 5) is 41.8. The van der Waals surface area contributed by atoms with Crippen LogP contribution in [0.5, 0.6) is 0 Å². The van der Waals surface area contributed by atoms with Crippen molar-refractivity contribution in [1.82, 2.24) is 20.2 Å². The summed E-state index contributed by atoms with van der Waals surface area (Å²) >= 11 is 0.848. The molecule has 0 aliphatic heterocycles. The number of fused-ring (bicyclic) bond motifs is 1. The summed E-state index contributed by atoms with van der Waals surface area (Å²) in [7, 11) is 0. The summed E-state index contributed by atoms with van der Waals surface area (Å²) in [5, 5.41) is 5.04. The number of nitrogens with one attached hydrogen (secondary N) is 2. The molecule has 172 valence electrons. The molecule has 34 heavy (non-hydrogen) atoms. The average molecular weight is 480 g/mol. The second-order valence-corrected chi connectivity index (χ2v) is 8.10. The van der Waals surface area contributed by atoms with Gasteiger partial charge in [-0.1, -0.05) is 54.2 Å². The molecule has 0 unspecified atom stereocenters. The van der Waals surface area contributed by atoms with Gasteiger partial charge in [0.15, 0.2) is 5.16 Å². The van der Waals surface area contributed by atoms with Crippen LogP contribution in [0.4, 0.5) is 13.6 Å². The van der Waals surface area contributed by atoms with E-state index in [1.54, 1.807) is 24.3 Å². The van der Waals surface area contributed by atoms with Gasteiger partial charge >= 0.3 is 6.03 Å². The van der Waals surface area contributed by atoms with Crippen molar-refractivity contribution in [2.24, 2.45) is 0 Å². The molecule has 0 atom stereocenters. The van der Waals surface area contributed by atoms with Crippen LogP contribution in [0, 0.1) is 11.6 Å². The zero-order valence-electron chi connectivity index (χ0n) is 17.6. The quantitative estimate of drug-likeness (QED) is 0.324. The second kappa shape index (κ2) is 10.3. The van der Waals surface area contributed by atoms with E-state index in [9.17, 15) is 23.2 Å². The van der Waals surface area contributed by atoms with Crippen molar-refractivity contribution in [3.05, 3.63) is 100 Å². The molecule has 0 radical (unpaired) electrons. The monoisotopic (exact) mass is 480 g/mol. The Morgan fingerprint density at radius 3 is 2.47 bits per heavy atom. The average Bonchev–Trinajstić information content (AvgIpc) is 2.83. The van der Waals surface area contributed by atoms with Crippen LogP contribution < -0.4 is 16.2 Å². The van der Waals surface area contributed by atoms with Gasteiger partial charge in [-0.15, -0.1) is 0 Å². The number of rotatable bonds is 6. The summed E-state index contributed by atoms with van der Waals surface area (Å²) in [5.41, 5.74) is 0.452. The lowest BCUT2D eigenvalue weighted by Gasteiger charge is -2.14. The summed E-state index contributed by atoms with van der Waals surface area (Å²) in [6.45, 7) is 0.239. The summed E-state index contributed by atoms with van der Waals surface area (Å²) in [5.74, 6) is -2.65. The van der Waals surface area contributed by atoms with Gasteiger partial charge < -0.3 is 5.32 Å². The lowest BCUT2D eigenvalue weighted by Crippen LogP contribution is -2.40. The van der Waals surface area contributed by atoms with Crippen molar-refractivity contribution in [3.8, 4) is 5.69 Å². The number of urea groups is 1. The fourth-order valence-corrected chi connectivity index (χ4v) is 4.01. The molecule has 3 amide bonds. The molecule has 3 aromatic carbocycles. The van der Waals surface area contributed by atoms with Crippen LogP contribution in [-0.2, 0) is 11.3 Å². The maximum Gasteiger partial charge on any atom is 0.321 e. The van der Waals surface area contributed by atoms with Crippen molar-refractivity contribution in [3.63, 3.8) is 0 Å². The van der Waals surface area contributed by atoms with Gasteiger partial charge in [0.1, 0.15) is 11.6 Å². The number of nitrogens with zero attached hydrogens (tertiary/aromatic N) is 2. The van der Waals surface area contributed by atoms with Gasteiger partial charge in [-0.2, -0.15) is 0 Å². The fraction of sp³-hybridized carbons (Fsp3) is 0.0833. The topological polar surface area (TPSA) is 93.1 Å². The molecule has 0 aliphatic rings. The van der Waals surface area contributed by atoms with E-state index in [1.165, 1.54) is 0 Å². The number of carbonyl (C=O) groups is 2. The predicted octanol–water partition coefficient (Wildman–Crippen LogP) is 3.78. The molecule has 4 rings (SSSR count). The van der Waals surface area contributed by atoms with Crippen molar-refractivity contribution in [1.29, 1.82) is 0 Å². The first-order valence-corrected chi connectivity index (χ1v) is 11.1. The minimum absolute atomic E-state index is 0.0223. The smallest absolute Gasteiger partial charge is 0.321 e. The number of imide groups is 1. The van der Waals surface area contributed by atoms with E-state index in [1.807, 2.05) is 30.3 Å². The first-order chi connectivity index (χ1) is 16.4. The maximum absolute atomic E-state index is 14.5. The van der Waals surface area contributed by atoms with Gasteiger partial charge in [0.25, 0.3) is 5.56 Å². The Morgan fingerprint density at radius 1 is 0.971 bits per heavy atom. The van der Waals surface area contributed by atoms with E-state index in [-0.39, 0.29) is 28.5 Å². The molecule has 1 heterocycles. The lowest BCUT2D eigenvalue weighted by molar-refractivity contribution is -0.117. The zero-order chi connectivity index (χ0) is 24.1. The van der Waals surface area contributed by atoms with Crippen LogP contribution in [0.25, 0.3) is 16.6 Å². The molecular formula is C24H18F2N4O3S. The van der Waals surface area contributed by atoms with E-state index in [4.69, 9.17) is 0 Å². The number of halogens is 2. The van der Waals surface area contributed by atoms with E-state index in [0.29, 0.717) is 11.6 Å². The molecule has 0 fully saturated rings. The number of hydrogen-bond donors (Lipinski definition) is 2. The molecule has 0 bridgehead atoms. The third kappa shape index (κ3) is 5.29. The van der Waals surface area contributed by atoms with Crippen LogP contribution in [0.2, 0.25) is 0 Å². The highest BCUT2D eigenvalue weighted by atomic mass is 32.2. The number of thioether (sulfide) groups is 1. The Morgan fingerprint density at radius 2 is 1.71 bits per heavy atom. The Labute approximate surface area is 196 Å². The number of carbonyl (C=O) groups excluding carboxylic acids is 2. The first kappa shape index (κ1) is 23.1. The minimum atomic E-state index is -0.953. The molecule has 7 nitrogen and oxygen atoms in total. The van der Waals surface area contributed by atoms with Crippen molar-refractivity contribution < 1.29 is 18.4 Å². The van der Waals surface area contributed by atoms with Crippen molar-refractivity contribution >= 4 is 34.6 Å². The van der Waals surface area contributed by atoms with Gasteiger partial charge in [0, 0.05) is 12.6 Å². The van der Waals surface area contributed by atoms with Gasteiger partial charge in [-0.3, -0.25) is 19.5 Å². The normalized spacial score (nSPS) is 10.8. The maximum atomic E-state index is 14.5. The molecule has 0 saturated carbocycles. The van der Waals surface area contributed by atoms with Gasteiger partial charge in [-0.05, 0) is 29.8 Å². The summed E-state index contributed by atoms with van der Waals surface area (Å²) in [6, 6.07) is 17.8. The highest BCUT2D eigenvalue weighted by molar-refractivity contribution is 7.99. The Bertz CT molecular complexity index is 1430. The molecule has 1 aromatic heterocycles. The van der Waals surface area contributed by atoms with Crippen LogP contribution in [0.3, 0.4) is 0 Å². The largest absolute Gasteiger partial charge is 0.334 e. The third-order valence-corrected chi connectivity index (χ3v) is 5.72. The van der Waals surface area contributed by atoms with Crippen LogP contribution in [0.1, 0.15) is 5.56 Å². The minimum Gasteiger partial charge on any atom is -0.334 e. The highest BCUT2D eigenvalue weighted by Gasteiger charge is 2.18. The van der Waals surface area contributed by atoms with Crippen molar-refractivity contribution in [2.75, 3.05) is 5.75 Å². The summed E-state index contributed by atoms with van der Waals surface area (Å²) in [6.07, 6.45) is 0. The number of para-hydroxylation sites is 1. The Hall–Kier alpha value is -4.05. The Balaban J connectivity index is 1.53. The van der Waals surface area contributed by atoms with E-state index in [2.05, 4.69) is 15.6 Å². The lowest BCUT2D eigenvalue weighted by atomic mass is 10.2. The van der Waals surface area contributed by atoms with E-state index >= 15 is 0 Å². The van der Waals surface area contributed by atoms with E-state index < -0.39 is 29.1 Å². The van der Waals surface area contributed by atoms with Gasteiger partial charge in [0.2, 0.25) is 5.91 Å². The van der Waals surface area contributed by atoms with Crippen LogP contribution in [-0.4, -0.2) is 27.2 Å². The van der Waals surface area contributed by atoms with Crippen molar-refractivity contribution in [2.45, 2.75) is 11.7 Å². The molecule has 10 heteroatoms.